The summed E-state index contributed by atoms with van der Waals surface area (Å²) in [6.07, 6.45) is -7.42. The molecule has 0 radical (unpaired) electrons. The minimum atomic E-state index is -4.51. The van der Waals surface area contributed by atoms with Crippen LogP contribution in [0.2, 0.25) is 0 Å². The summed E-state index contributed by atoms with van der Waals surface area (Å²) in [7, 11) is 0. The molecule has 0 bridgehead atoms. The van der Waals surface area contributed by atoms with Crippen molar-refractivity contribution in [2.75, 3.05) is 16.0 Å². The molecule has 1 heterocycles. The van der Waals surface area contributed by atoms with Crippen LogP contribution in [-0.4, -0.2) is 20.4 Å². The van der Waals surface area contributed by atoms with Gasteiger partial charge in [0.2, 0.25) is 0 Å². The minimum Gasteiger partial charge on any atom is -0.508 e. The highest BCUT2D eigenvalue weighted by Crippen LogP contribution is 2.34. The molecule has 0 saturated heterocycles. The van der Waals surface area contributed by atoms with Crippen LogP contribution in [0.25, 0.3) is 0 Å². The van der Waals surface area contributed by atoms with Gasteiger partial charge in [0.05, 0.1) is 29.6 Å². The largest absolute Gasteiger partial charge is 0.508 e. The van der Waals surface area contributed by atoms with E-state index in [-0.39, 0.29) is 52.8 Å². The van der Waals surface area contributed by atoms with E-state index in [0.29, 0.717) is 12.3 Å². The number of aromatic hydroxyl groups is 4. The maximum absolute atomic E-state index is 13.1. The molecule has 0 unspecified atom stereocenters. The fraction of sp³-hybridized carbons (Fsp3) is 0.128. The van der Waals surface area contributed by atoms with E-state index < -0.39 is 58.2 Å². The van der Waals surface area contributed by atoms with E-state index in [1.165, 1.54) is 54.8 Å². The maximum Gasteiger partial charge on any atom is 0.416 e. The molecule has 0 aliphatic heterocycles. The highest BCUT2D eigenvalue weighted by atomic mass is 19.4. The van der Waals surface area contributed by atoms with Crippen molar-refractivity contribution >= 4 is 17.1 Å². The topological polar surface area (TPSA) is 130 Å². The molecule has 57 heavy (non-hydrogen) atoms. The molecule has 1 aromatic heterocycles. The number of furan rings is 1. The molecule has 18 heteroatoms. The van der Waals surface area contributed by atoms with E-state index >= 15 is 0 Å². The van der Waals surface area contributed by atoms with Gasteiger partial charge in [0.1, 0.15) is 17.3 Å². The Labute approximate surface area is 317 Å². The number of anilines is 3. The summed E-state index contributed by atoms with van der Waals surface area (Å²) in [5, 5.41) is 44.5. The predicted molar refractivity (Wildman–Crippen MR) is 189 cm³/mol. The fourth-order valence-corrected chi connectivity index (χ4v) is 4.90. The van der Waals surface area contributed by atoms with E-state index in [0.717, 1.165) is 42.5 Å². The summed E-state index contributed by atoms with van der Waals surface area (Å²) in [5.41, 5.74) is -1.10. The van der Waals surface area contributed by atoms with Crippen LogP contribution in [0.4, 0.5) is 61.0 Å². The molecular formula is C39H31F10N3O5. The third kappa shape index (κ3) is 12.4. The number of hydrogen-bond donors (Lipinski definition) is 7. The zero-order valence-corrected chi connectivity index (χ0v) is 29.0. The number of phenolic OH excluding ortho intramolecular Hbond substituents is 4. The molecule has 0 spiro atoms. The van der Waals surface area contributed by atoms with Gasteiger partial charge in [-0.15, -0.1) is 0 Å². The van der Waals surface area contributed by atoms with Crippen LogP contribution in [0, 0.1) is 23.3 Å². The number of benzene rings is 5. The first-order valence-corrected chi connectivity index (χ1v) is 16.3. The second-order valence-corrected chi connectivity index (χ2v) is 11.7. The first-order chi connectivity index (χ1) is 26.8. The summed E-state index contributed by atoms with van der Waals surface area (Å²) in [4.78, 5) is 0. The Kier molecular flexibility index (Phi) is 14.1. The van der Waals surface area contributed by atoms with Crippen LogP contribution in [0.3, 0.4) is 0 Å². The monoisotopic (exact) mass is 811 g/mol. The van der Waals surface area contributed by atoms with Gasteiger partial charge in [-0.3, -0.25) is 0 Å². The molecule has 7 N–H and O–H groups in total. The van der Waals surface area contributed by atoms with Crippen LogP contribution in [0.15, 0.2) is 114 Å². The zero-order valence-electron chi connectivity index (χ0n) is 29.0. The molecule has 0 aliphatic rings. The van der Waals surface area contributed by atoms with Gasteiger partial charge in [-0.05, 0) is 47.5 Å². The van der Waals surface area contributed by atoms with Crippen molar-refractivity contribution in [1.29, 1.82) is 0 Å². The first-order valence-electron chi connectivity index (χ1n) is 16.3. The quantitative estimate of drug-likeness (QED) is 0.0437. The van der Waals surface area contributed by atoms with Gasteiger partial charge >= 0.3 is 12.4 Å². The highest BCUT2D eigenvalue weighted by molar-refractivity contribution is 5.58. The Balaban J connectivity index is 0.000000191. The summed E-state index contributed by atoms with van der Waals surface area (Å²) < 4.78 is 134. The van der Waals surface area contributed by atoms with Gasteiger partial charge in [-0.25, -0.2) is 17.6 Å². The number of phenols is 4. The molecule has 0 saturated carbocycles. The normalized spacial score (nSPS) is 11.1. The SMILES string of the molecule is Oc1c(F)cc(NCc2ccccc2C(F)(F)F)cc1F.Oc1c(F)cc(NCc2ccco2)cc1F.Oc1ccc(NCc2ccccc2C(F)(F)F)c(O)c1. The lowest BCUT2D eigenvalue weighted by molar-refractivity contribution is -0.139. The molecule has 8 nitrogen and oxygen atoms in total. The molecule has 6 rings (SSSR count). The molecule has 302 valence electrons. The second-order valence-electron chi connectivity index (χ2n) is 11.7. The Morgan fingerprint density at radius 2 is 0.930 bits per heavy atom. The molecule has 0 amide bonds. The smallest absolute Gasteiger partial charge is 0.416 e. The number of hydrogen-bond acceptors (Lipinski definition) is 8. The highest BCUT2D eigenvalue weighted by Gasteiger charge is 2.33. The Hall–Kier alpha value is -6.72. The third-order valence-electron chi connectivity index (χ3n) is 7.66. The lowest BCUT2D eigenvalue weighted by Gasteiger charge is -2.14. The standard InChI is InChI=1S/C14H10F5NO.C14H12F3NO2.C11H9F2NO2/c15-11-5-9(6-12(16)13(11)21)20-7-8-3-1-2-4-10(8)14(17,18)19;15-14(16,17)11-4-2-1-3-9(11)8-18-12-6-5-10(19)7-13(12)20;12-9-4-7(5-10(13)11(9)15)14-6-8-2-1-3-16-8/h1-6,20-21H,7H2;1-7,18-20H,8H2;1-5,14-15H,6H2. The van der Waals surface area contributed by atoms with E-state index in [1.807, 2.05) is 0 Å². The van der Waals surface area contributed by atoms with Crippen LogP contribution >= 0.6 is 0 Å². The number of halogens is 10. The van der Waals surface area contributed by atoms with Crippen molar-refractivity contribution in [1.82, 2.24) is 0 Å². The molecule has 0 atom stereocenters. The van der Waals surface area contributed by atoms with Gasteiger partial charge in [0, 0.05) is 54.8 Å². The Morgan fingerprint density at radius 1 is 0.491 bits per heavy atom. The van der Waals surface area contributed by atoms with E-state index in [2.05, 4.69) is 16.0 Å². The first kappa shape index (κ1) is 43.0. The molecule has 0 aliphatic carbocycles. The van der Waals surface area contributed by atoms with Crippen molar-refractivity contribution in [3.63, 3.8) is 0 Å². The van der Waals surface area contributed by atoms with Gasteiger partial charge in [-0.2, -0.15) is 26.3 Å². The van der Waals surface area contributed by atoms with Crippen LogP contribution in [0.1, 0.15) is 28.0 Å². The number of nitrogens with one attached hydrogen (secondary N) is 3. The summed E-state index contributed by atoms with van der Waals surface area (Å²) in [6.45, 7) is -0.0377. The summed E-state index contributed by atoms with van der Waals surface area (Å²) >= 11 is 0. The maximum atomic E-state index is 13.1. The molecule has 5 aromatic carbocycles. The second kappa shape index (κ2) is 18.7. The fourth-order valence-electron chi connectivity index (χ4n) is 4.90. The van der Waals surface area contributed by atoms with E-state index in [1.54, 1.807) is 12.1 Å². The van der Waals surface area contributed by atoms with E-state index in [4.69, 9.17) is 19.7 Å². The Morgan fingerprint density at radius 3 is 1.35 bits per heavy atom. The van der Waals surface area contributed by atoms with Crippen molar-refractivity contribution in [2.24, 2.45) is 0 Å². The summed E-state index contributed by atoms with van der Waals surface area (Å²) in [6, 6.07) is 21.0. The van der Waals surface area contributed by atoms with Crippen LogP contribution < -0.4 is 16.0 Å². The molecular weight excluding hydrogens is 780 g/mol. The molecule has 0 fully saturated rings. The number of rotatable bonds is 9. The van der Waals surface area contributed by atoms with E-state index in [9.17, 15) is 49.0 Å². The van der Waals surface area contributed by atoms with Crippen molar-refractivity contribution in [3.8, 4) is 23.0 Å². The van der Waals surface area contributed by atoms with Crippen molar-refractivity contribution < 1.29 is 68.7 Å². The van der Waals surface area contributed by atoms with Crippen LogP contribution in [0.5, 0.6) is 23.0 Å². The third-order valence-corrected chi connectivity index (χ3v) is 7.66. The van der Waals surface area contributed by atoms with Gasteiger partial charge in [0.25, 0.3) is 0 Å². The van der Waals surface area contributed by atoms with Gasteiger partial charge in [-0.1, -0.05) is 36.4 Å². The lowest BCUT2D eigenvalue weighted by atomic mass is 10.1. The molecule has 6 aromatic rings. The average molecular weight is 812 g/mol. The number of alkyl halides is 6. The minimum absolute atomic E-state index is 0.0566. The van der Waals surface area contributed by atoms with Gasteiger partial charge < -0.3 is 40.8 Å². The van der Waals surface area contributed by atoms with Crippen molar-refractivity contribution in [3.05, 3.63) is 161 Å². The van der Waals surface area contributed by atoms with Crippen molar-refractivity contribution in [2.45, 2.75) is 32.0 Å². The predicted octanol–water partition coefficient (Wildman–Crippen LogP) is 10.9. The Bertz CT molecular complexity index is 2200. The average Bonchev–Trinajstić information content (AvgIpc) is 3.68. The summed E-state index contributed by atoms with van der Waals surface area (Å²) in [5.74, 6) is -6.18. The van der Waals surface area contributed by atoms with Crippen LogP contribution in [-0.2, 0) is 32.0 Å². The van der Waals surface area contributed by atoms with Gasteiger partial charge in [0.15, 0.2) is 34.8 Å². The lowest BCUT2D eigenvalue weighted by Crippen LogP contribution is -2.11. The zero-order chi connectivity index (χ0) is 41.9.